The van der Waals surface area contributed by atoms with Crippen LogP contribution in [-0.2, 0) is 19.1 Å². The van der Waals surface area contributed by atoms with Crippen molar-refractivity contribution in [3.8, 4) is 0 Å². The summed E-state index contributed by atoms with van der Waals surface area (Å²) in [5.41, 5.74) is -0.776. The van der Waals surface area contributed by atoms with Gasteiger partial charge in [-0.25, -0.2) is 0 Å². The van der Waals surface area contributed by atoms with Crippen LogP contribution in [0.3, 0.4) is 0 Å². The molecule has 0 radical (unpaired) electrons. The van der Waals surface area contributed by atoms with Crippen molar-refractivity contribution >= 4 is 17.8 Å². The van der Waals surface area contributed by atoms with E-state index in [0.717, 1.165) is 0 Å². The van der Waals surface area contributed by atoms with E-state index in [1.165, 1.54) is 4.90 Å². The lowest BCUT2D eigenvalue weighted by Gasteiger charge is -2.27. The van der Waals surface area contributed by atoms with Gasteiger partial charge in [-0.3, -0.25) is 19.3 Å². The Labute approximate surface area is 113 Å². The molecule has 1 saturated heterocycles. The second kappa shape index (κ2) is 6.65. The highest BCUT2D eigenvalue weighted by molar-refractivity contribution is 6.01. The molecule has 0 aromatic heterocycles. The van der Waals surface area contributed by atoms with Crippen LogP contribution in [0.5, 0.6) is 0 Å². The third kappa shape index (κ3) is 3.76. The van der Waals surface area contributed by atoms with Crippen LogP contribution in [0.4, 0.5) is 0 Å². The molecule has 1 fully saturated rings. The van der Waals surface area contributed by atoms with Gasteiger partial charge in [0.15, 0.2) is 0 Å². The molecule has 1 unspecified atom stereocenters. The first kappa shape index (κ1) is 15.6. The lowest BCUT2D eigenvalue weighted by molar-refractivity contribution is -0.150. The molecular formula is C13H22N2O4. The fourth-order valence-corrected chi connectivity index (χ4v) is 2.08. The summed E-state index contributed by atoms with van der Waals surface area (Å²) in [6.45, 7) is 4.22. The van der Waals surface area contributed by atoms with Gasteiger partial charge >= 0.3 is 5.97 Å². The number of ether oxygens (including phenoxy) is 1. The van der Waals surface area contributed by atoms with Crippen molar-refractivity contribution in [2.24, 2.45) is 0 Å². The number of amides is 2. The van der Waals surface area contributed by atoms with Gasteiger partial charge in [0.05, 0.1) is 6.61 Å². The van der Waals surface area contributed by atoms with Gasteiger partial charge in [0.2, 0.25) is 11.8 Å². The first-order chi connectivity index (χ1) is 8.94. The van der Waals surface area contributed by atoms with Crippen LogP contribution in [0.25, 0.3) is 0 Å². The molecule has 2 amide bonds. The van der Waals surface area contributed by atoms with E-state index in [9.17, 15) is 14.4 Å². The lowest BCUT2D eigenvalue weighted by Crippen LogP contribution is -2.49. The Bertz CT molecular complexity index is 354. The van der Waals surface area contributed by atoms with E-state index in [-0.39, 0.29) is 17.8 Å². The molecular weight excluding hydrogens is 248 g/mol. The Hall–Kier alpha value is -1.43. The number of nitrogens with one attached hydrogen (secondary N) is 1. The van der Waals surface area contributed by atoms with Crippen LogP contribution < -0.4 is 5.32 Å². The summed E-state index contributed by atoms with van der Waals surface area (Å²) in [7, 11) is 1.70. The summed E-state index contributed by atoms with van der Waals surface area (Å²) in [6, 6.07) is 0. The van der Waals surface area contributed by atoms with Crippen molar-refractivity contribution < 1.29 is 19.1 Å². The normalized spacial score (nSPS) is 18.6. The summed E-state index contributed by atoms with van der Waals surface area (Å²) < 4.78 is 5.01. The zero-order valence-electron chi connectivity index (χ0n) is 11.8. The van der Waals surface area contributed by atoms with Gasteiger partial charge in [-0.1, -0.05) is 0 Å². The van der Waals surface area contributed by atoms with Crippen LogP contribution in [0.1, 0.15) is 39.5 Å². The van der Waals surface area contributed by atoms with Crippen LogP contribution in [-0.4, -0.2) is 48.4 Å². The Morgan fingerprint density at radius 3 is 2.42 bits per heavy atom. The van der Waals surface area contributed by atoms with Crippen molar-refractivity contribution in [2.75, 3.05) is 20.2 Å². The maximum Gasteiger partial charge on any atom is 0.326 e. The Balaban J connectivity index is 2.47. The maximum atomic E-state index is 11.8. The molecule has 6 heteroatoms. The largest absolute Gasteiger partial charge is 0.465 e. The second-order valence-electron chi connectivity index (χ2n) is 4.85. The monoisotopic (exact) mass is 270 g/mol. The number of imide groups is 1. The predicted octanol–water partition coefficient (Wildman–Crippen LogP) is 0.457. The molecule has 1 N–H and O–H groups in total. The molecule has 19 heavy (non-hydrogen) atoms. The number of esters is 1. The SMILES string of the molecule is CCOC(=O)C(C)(CCCN1C(=O)CCC1=O)NC. The molecule has 0 aliphatic carbocycles. The number of carbonyl (C=O) groups excluding carboxylic acids is 3. The first-order valence-electron chi connectivity index (χ1n) is 6.64. The van der Waals surface area contributed by atoms with E-state index in [1.807, 2.05) is 0 Å². The average Bonchev–Trinajstić information content (AvgIpc) is 2.70. The molecule has 1 heterocycles. The Kier molecular flexibility index (Phi) is 5.47. The van der Waals surface area contributed by atoms with E-state index in [0.29, 0.717) is 38.8 Å². The van der Waals surface area contributed by atoms with Crippen molar-refractivity contribution in [1.29, 1.82) is 0 Å². The topological polar surface area (TPSA) is 75.7 Å². The van der Waals surface area contributed by atoms with E-state index in [1.54, 1.807) is 20.9 Å². The zero-order chi connectivity index (χ0) is 14.5. The van der Waals surface area contributed by atoms with E-state index in [4.69, 9.17) is 4.74 Å². The van der Waals surface area contributed by atoms with Gasteiger partial charge < -0.3 is 10.1 Å². The highest BCUT2D eigenvalue weighted by atomic mass is 16.5. The van der Waals surface area contributed by atoms with E-state index < -0.39 is 5.54 Å². The van der Waals surface area contributed by atoms with Crippen LogP contribution in [0.15, 0.2) is 0 Å². The van der Waals surface area contributed by atoms with Gasteiger partial charge in [-0.15, -0.1) is 0 Å². The second-order valence-corrected chi connectivity index (χ2v) is 4.85. The quantitative estimate of drug-likeness (QED) is 0.537. The predicted molar refractivity (Wildman–Crippen MR) is 69.3 cm³/mol. The van der Waals surface area contributed by atoms with Gasteiger partial charge in [0.1, 0.15) is 5.54 Å². The number of likely N-dealkylation sites (tertiary alicyclic amines) is 1. The fourth-order valence-electron chi connectivity index (χ4n) is 2.08. The van der Waals surface area contributed by atoms with Crippen molar-refractivity contribution in [1.82, 2.24) is 10.2 Å². The summed E-state index contributed by atoms with van der Waals surface area (Å²) in [6.07, 6.45) is 1.70. The van der Waals surface area contributed by atoms with Gasteiger partial charge in [-0.05, 0) is 33.7 Å². The third-order valence-corrected chi connectivity index (χ3v) is 3.49. The molecule has 0 saturated carbocycles. The molecule has 1 aliphatic heterocycles. The van der Waals surface area contributed by atoms with Crippen LogP contribution >= 0.6 is 0 Å². The molecule has 108 valence electrons. The number of rotatable bonds is 7. The Morgan fingerprint density at radius 2 is 1.95 bits per heavy atom. The first-order valence-corrected chi connectivity index (χ1v) is 6.64. The standard InChI is InChI=1S/C13H22N2O4/c1-4-19-12(18)13(2,14-3)8-5-9-15-10(16)6-7-11(15)17/h14H,4-9H2,1-3H3. The van der Waals surface area contributed by atoms with Crippen molar-refractivity contribution in [3.05, 3.63) is 0 Å². The average molecular weight is 270 g/mol. The van der Waals surface area contributed by atoms with Gasteiger partial charge in [0, 0.05) is 19.4 Å². The fraction of sp³-hybridized carbons (Fsp3) is 0.769. The summed E-state index contributed by atoms with van der Waals surface area (Å²) in [4.78, 5) is 36.0. The summed E-state index contributed by atoms with van der Waals surface area (Å²) >= 11 is 0. The number of hydrogen-bond donors (Lipinski definition) is 1. The maximum absolute atomic E-state index is 11.8. The molecule has 0 spiro atoms. The summed E-state index contributed by atoms with van der Waals surface area (Å²) in [5.74, 6) is -0.545. The van der Waals surface area contributed by atoms with E-state index >= 15 is 0 Å². The van der Waals surface area contributed by atoms with Crippen LogP contribution in [0.2, 0.25) is 0 Å². The zero-order valence-corrected chi connectivity index (χ0v) is 11.8. The molecule has 0 bridgehead atoms. The summed E-state index contributed by atoms with van der Waals surface area (Å²) in [5, 5.41) is 2.95. The number of likely N-dealkylation sites (N-methyl/N-ethyl adjacent to an activating group) is 1. The third-order valence-electron chi connectivity index (χ3n) is 3.49. The van der Waals surface area contributed by atoms with E-state index in [2.05, 4.69) is 5.32 Å². The number of hydrogen-bond acceptors (Lipinski definition) is 5. The van der Waals surface area contributed by atoms with Crippen molar-refractivity contribution in [2.45, 2.75) is 45.1 Å². The molecule has 0 aromatic rings. The Morgan fingerprint density at radius 1 is 1.37 bits per heavy atom. The van der Waals surface area contributed by atoms with Gasteiger partial charge in [-0.2, -0.15) is 0 Å². The molecule has 1 aliphatic rings. The van der Waals surface area contributed by atoms with Gasteiger partial charge in [0.25, 0.3) is 0 Å². The number of carbonyl (C=O) groups is 3. The van der Waals surface area contributed by atoms with Crippen LogP contribution in [0, 0.1) is 0 Å². The minimum Gasteiger partial charge on any atom is -0.465 e. The minimum absolute atomic E-state index is 0.118. The lowest BCUT2D eigenvalue weighted by atomic mass is 9.96. The molecule has 6 nitrogen and oxygen atoms in total. The highest BCUT2D eigenvalue weighted by Gasteiger charge is 2.34. The molecule has 1 rings (SSSR count). The molecule has 1 atom stereocenters. The van der Waals surface area contributed by atoms with Crippen molar-refractivity contribution in [3.63, 3.8) is 0 Å². The highest BCUT2D eigenvalue weighted by Crippen LogP contribution is 2.17. The smallest absolute Gasteiger partial charge is 0.326 e. The number of nitrogens with zero attached hydrogens (tertiary/aromatic N) is 1. The minimum atomic E-state index is -0.776. The molecule has 0 aromatic carbocycles.